The van der Waals surface area contributed by atoms with Crippen LogP contribution in [-0.4, -0.2) is 60.5 Å². The maximum Gasteiger partial charge on any atom is 0.416 e. The minimum Gasteiger partial charge on any atom is -0.373 e. The summed E-state index contributed by atoms with van der Waals surface area (Å²) in [6.45, 7) is 5.29. The summed E-state index contributed by atoms with van der Waals surface area (Å²) in [5.74, 6) is -2.99. The van der Waals surface area contributed by atoms with Gasteiger partial charge in [0, 0.05) is 12.2 Å². The molecule has 232 valence electrons. The van der Waals surface area contributed by atoms with E-state index in [1.165, 1.54) is 4.90 Å². The van der Waals surface area contributed by atoms with E-state index in [0.29, 0.717) is 38.2 Å². The monoisotopic (exact) mass is 616 g/mol. The second kappa shape index (κ2) is 10.4. The molecule has 1 aliphatic heterocycles. The van der Waals surface area contributed by atoms with E-state index in [2.05, 4.69) is 15.4 Å². The molecule has 3 aliphatic carbocycles. The predicted molar refractivity (Wildman–Crippen MR) is 145 cm³/mol. The fourth-order valence-electron chi connectivity index (χ4n) is 5.92. The minimum absolute atomic E-state index is 0.193. The molecule has 0 aromatic heterocycles. The summed E-state index contributed by atoms with van der Waals surface area (Å²) in [5, 5.41) is 4.96. The van der Waals surface area contributed by atoms with E-state index in [0.717, 1.165) is 25.0 Å². The number of carbonyl (C=O) groups is 3. The first kappa shape index (κ1) is 30.6. The lowest BCUT2D eigenvalue weighted by atomic mass is 9.85. The number of halogens is 4. The quantitative estimate of drug-likeness (QED) is 0.365. The van der Waals surface area contributed by atoms with E-state index in [4.69, 9.17) is 0 Å². The summed E-state index contributed by atoms with van der Waals surface area (Å²) >= 11 is 0. The van der Waals surface area contributed by atoms with E-state index < -0.39 is 73.6 Å². The van der Waals surface area contributed by atoms with Crippen molar-refractivity contribution in [1.29, 1.82) is 0 Å². The molecule has 4 aliphatic rings. The Kier molecular flexibility index (Phi) is 7.55. The van der Waals surface area contributed by atoms with Gasteiger partial charge >= 0.3 is 6.18 Å². The summed E-state index contributed by atoms with van der Waals surface area (Å²) in [5.41, 5.74) is -3.65. The van der Waals surface area contributed by atoms with Crippen LogP contribution in [0.15, 0.2) is 18.2 Å². The van der Waals surface area contributed by atoms with E-state index in [9.17, 15) is 40.4 Å². The van der Waals surface area contributed by atoms with Crippen molar-refractivity contribution in [3.8, 4) is 0 Å². The van der Waals surface area contributed by atoms with Crippen LogP contribution < -0.4 is 15.4 Å². The van der Waals surface area contributed by atoms with Crippen molar-refractivity contribution < 1.29 is 40.4 Å². The molecule has 0 radical (unpaired) electrons. The normalized spacial score (nSPS) is 26.9. The van der Waals surface area contributed by atoms with Gasteiger partial charge in [0.05, 0.1) is 10.8 Å². The van der Waals surface area contributed by atoms with Crippen LogP contribution in [-0.2, 0) is 30.6 Å². The summed E-state index contributed by atoms with van der Waals surface area (Å²) in [7, 11) is -3.83. The molecule has 4 atom stereocenters. The Labute approximate surface area is 242 Å². The number of hydrogen-bond donors (Lipinski definition) is 3. The lowest BCUT2D eigenvalue weighted by Gasteiger charge is -2.36. The first-order chi connectivity index (χ1) is 19.4. The van der Waals surface area contributed by atoms with Gasteiger partial charge in [0.2, 0.25) is 21.8 Å². The second-order valence-electron chi connectivity index (χ2n) is 13.1. The number of amides is 3. The average Bonchev–Trinajstić information content (AvgIpc) is 3.73. The lowest BCUT2D eigenvalue weighted by Crippen LogP contribution is -2.58. The summed E-state index contributed by atoms with van der Waals surface area (Å²) in [6.07, 6.45) is -1.00. The fraction of sp³-hybridized carbons (Fsp3) is 0.679. The molecule has 0 bridgehead atoms. The molecule has 1 saturated heterocycles. The fourth-order valence-corrected chi connectivity index (χ4v) is 7.29. The Bertz CT molecular complexity index is 1390. The van der Waals surface area contributed by atoms with E-state index in [1.807, 2.05) is 0 Å². The standard InChI is InChI=1S/C28H36F4N4O5S/c1-26(2,3)22(33-18-12-16(28(30,31)32)11-17(29)13-18)24(38)36-10-4-5-21(36)23(37)34-27(14-20(27)15-6-7-15)25(39)35-42(40,41)19-8-9-19/h11-13,15,19-22,33H,4-10,14H2,1-3H3,(H,34,37)(H,35,39). The molecule has 4 unspecified atom stereocenters. The molecule has 9 nitrogen and oxygen atoms in total. The zero-order valence-corrected chi connectivity index (χ0v) is 24.5. The van der Waals surface area contributed by atoms with Crippen molar-refractivity contribution >= 4 is 33.4 Å². The molecule has 1 aromatic carbocycles. The van der Waals surface area contributed by atoms with Crippen molar-refractivity contribution in [3.63, 3.8) is 0 Å². The van der Waals surface area contributed by atoms with Gasteiger partial charge < -0.3 is 15.5 Å². The third-order valence-corrected chi connectivity index (χ3v) is 10.5. The first-order valence-electron chi connectivity index (χ1n) is 14.3. The van der Waals surface area contributed by atoms with Crippen molar-refractivity contribution in [2.24, 2.45) is 17.3 Å². The van der Waals surface area contributed by atoms with Crippen molar-refractivity contribution in [3.05, 3.63) is 29.6 Å². The molecule has 1 aromatic rings. The number of hydrogen-bond acceptors (Lipinski definition) is 6. The maximum absolute atomic E-state index is 14.1. The molecular weight excluding hydrogens is 580 g/mol. The van der Waals surface area contributed by atoms with Crippen molar-refractivity contribution in [2.75, 3.05) is 11.9 Å². The molecule has 1 heterocycles. The number of likely N-dealkylation sites (tertiary alicyclic amines) is 1. The molecule has 3 amide bonds. The largest absolute Gasteiger partial charge is 0.416 e. The Balaban J connectivity index is 1.34. The number of carbonyl (C=O) groups excluding carboxylic acids is 3. The van der Waals surface area contributed by atoms with Crippen molar-refractivity contribution in [1.82, 2.24) is 14.9 Å². The molecule has 3 saturated carbocycles. The lowest BCUT2D eigenvalue weighted by molar-refractivity contribution is -0.141. The van der Waals surface area contributed by atoms with Crippen LogP contribution in [0.3, 0.4) is 0 Å². The third-order valence-electron chi connectivity index (χ3n) is 8.64. The van der Waals surface area contributed by atoms with Crippen LogP contribution in [0, 0.1) is 23.1 Å². The highest BCUT2D eigenvalue weighted by Crippen LogP contribution is 2.57. The van der Waals surface area contributed by atoms with Gasteiger partial charge in [0.25, 0.3) is 5.91 Å². The molecular formula is C28H36F4N4O5S. The summed E-state index contributed by atoms with van der Waals surface area (Å²) in [4.78, 5) is 42.1. The molecule has 3 N–H and O–H groups in total. The Morgan fingerprint density at radius 1 is 1.02 bits per heavy atom. The highest BCUT2D eigenvalue weighted by molar-refractivity contribution is 7.91. The van der Waals surface area contributed by atoms with Crippen LogP contribution in [0.5, 0.6) is 0 Å². The zero-order chi connectivity index (χ0) is 30.8. The summed E-state index contributed by atoms with van der Waals surface area (Å²) in [6, 6.07) is -0.109. The molecule has 42 heavy (non-hydrogen) atoms. The Hall–Kier alpha value is -2.90. The smallest absolute Gasteiger partial charge is 0.373 e. The van der Waals surface area contributed by atoms with Gasteiger partial charge in [-0.25, -0.2) is 12.8 Å². The van der Waals surface area contributed by atoms with Gasteiger partial charge in [-0.1, -0.05) is 20.8 Å². The van der Waals surface area contributed by atoms with Crippen LogP contribution in [0.4, 0.5) is 23.2 Å². The first-order valence-corrected chi connectivity index (χ1v) is 15.8. The van der Waals surface area contributed by atoms with Gasteiger partial charge in [-0.15, -0.1) is 0 Å². The van der Waals surface area contributed by atoms with E-state index in [1.54, 1.807) is 20.8 Å². The highest BCUT2D eigenvalue weighted by Gasteiger charge is 2.66. The van der Waals surface area contributed by atoms with Gasteiger partial charge in [-0.3, -0.25) is 19.1 Å². The Morgan fingerprint density at radius 3 is 2.26 bits per heavy atom. The predicted octanol–water partition coefficient (Wildman–Crippen LogP) is 3.56. The van der Waals surface area contributed by atoms with Gasteiger partial charge in [-0.2, -0.15) is 13.2 Å². The number of rotatable bonds is 9. The van der Waals surface area contributed by atoms with E-state index in [-0.39, 0.29) is 24.1 Å². The zero-order valence-electron chi connectivity index (χ0n) is 23.7. The molecule has 0 spiro atoms. The topological polar surface area (TPSA) is 125 Å². The van der Waals surface area contributed by atoms with Gasteiger partial charge in [0.15, 0.2) is 0 Å². The summed E-state index contributed by atoms with van der Waals surface area (Å²) < 4.78 is 81.1. The minimum atomic E-state index is -4.79. The number of anilines is 1. The van der Waals surface area contributed by atoms with Crippen LogP contribution >= 0.6 is 0 Å². The number of benzene rings is 1. The SMILES string of the molecule is CC(C)(C)C(Nc1cc(F)cc(C(F)(F)F)c1)C(=O)N1CCCC1C(=O)NC1(C(=O)NS(=O)(=O)C2CC2)CC1C1CC1. The van der Waals surface area contributed by atoms with Crippen LogP contribution in [0.1, 0.15) is 71.3 Å². The molecule has 14 heteroatoms. The van der Waals surface area contributed by atoms with Crippen LogP contribution in [0.2, 0.25) is 0 Å². The molecule has 5 rings (SSSR count). The van der Waals surface area contributed by atoms with Gasteiger partial charge in [-0.05, 0) is 80.4 Å². The number of nitrogens with one attached hydrogen (secondary N) is 3. The van der Waals surface area contributed by atoms with Crippen LogP contribution in [0.25, 0.3) is 0 Å². The van der Waals surface area contributed by atoms with E-state index >= 15 is 0 Å². The number of nitrogens with zero attached hydrogens (tertiary/aromatic N) is 1. The number of sulfonamides is 1. The molecule has 4 fully saturated rings. The van der Waals surface area contributed by atoms with Crippen molar-refractivity contribution in [2.45, 2.75) is 94.8 Å². The number of alkyl halides is 3. The average molecular weight is 617 g/mol. The second-order valence-corrected chi connectivity index (χ2v) is 15.1. The van der Waals surface area contributed by atoms with Gasteiger partial charge in [0.1, 0.15) is 23.4 Å². The highest BCUT2D eigenvalue weighted by atomic mass is 32.2. The maximum atomic E-state index is 14.1. The third kappa shape index (κ3) is 6.23. The Morgan fingerprint density at radius 2 is 1.69 bits per heavy atom.